The Morgan fingerprint density at radius 3 is 3.00 bits per heavy atom. The van der Waals surface area contributed by atoms with Crippen LogP contribution >= 0.6 is 0 Å². The van der Waals surface area contributed by atoms with E-state index >= 15 is 0 Å². The van der Waals surface area contributed by atoms with Crippen LogP contribution in [-0.2, 0) is 4.74 Å². The van der Waals surface area contributed by atoms with Crippen LogP contribution in [0.2, 0.25) is 0 Å². The van der Waals surface area contributed by atoms with Gasteiger partial charge in [-0.3, -0.25) is 4.79 Å². The Balaban J connectivity index is 2.27. The fourth-order valence-corrected chi connectivity index (χ4v) is 2.23. The van der Waals surface area contributed by atoms with E-state index in [0.29, 0.717) is 31.1 Å². The molecule has 6 heteroatoms. The number of nitrogens with two attached hydrogens (primary N) is 1. The Hall–Kier alpha value is -1.66. The van der Waals surface area contributed by atoms with Crippen LogP contribution in [0.15, 0.2) is 12.1 Å². The third kappa shape index (κ3) is 3.08. The minimum atomic E-state index is -0.298. The van der Waals surface area contributed by atoms with E-state index in [-0.39, 0.29) is 24.5 Å². The van der Waals surface area contributed by atoms with Crippen LogP contribution in [0.5, 0.6) is 0 Å². The molecule has 2 rings (SSSR count). The summed E-state index contributed by atoms with van der Waals surface area (Å²) in [6.45, 7) is 5.22. The zero-order chi connectivity index (χ0) is 14.7. The van der Waals surface area contributed by atoms with Crippen LogP contribution in [0, 0.1) is 0 Å². The average Bonchev–Trinajstić information content (AvgIpc) is 2.45. The predicted molar refractivity (Wildman–Crippen MR) is 75.5 cm³/mol. The van der Waals surface area contributed by atoms with Gasteiger partial charge in [0, 0.05) is 17.8 Å². The highest BCUT2D eigenvalue weighted by Gasteiger charge is 2.28. The van der Waals surface area contributed by atoms with Crippen LogP contribution in [0.25, 0.3) is 0 Å². The van der Waals surface area contributed by atoms with Crippen molar-refractivity contribution in [1.29, 1.82) is 0 Å². The third-order valence-electron chi connectivity index (χ3n) is 3.40. The molecule has 1 amide bonds. The normalized spacial score (nSPS) is 19.4. The largest absolute Gasteiger partial charge is 0.394 e. The van der Waals surface area contributed by atoms with Gasteiger partial charge in [-0.1, -0.05) is 13.8 Å². The number of carbonyl (C=O) groups is 1. The molecule has 2 heterocycles. The van der Waals surface area contributed by atoms with E-state index in [1.807, 2.05) is 13.8 Å². The number of rotatable bonds is 3. The minimum absolute atomic E-state index is 0.108. The second-order valence-electron chi connectivity index (χ2n) is 5.27. The Labute approximate surface area is 118 Å². The number of nitrogens with zero attached hydrogens (tertiary/aromatic N) is 2. The summed E-state index contributed by atoms with van der Waals surface area (Å²) < 4.78 is 5.28. The number of hydrogen-bond donors (Lipinski definition) is 2. The lowest BCUT2D eigenvalue weighted by Crippen LogP contribution is -2.50. The van der Waals surface area contributed by atoms with Crippen molar-refractivity contribution in [3.05, 3.63) is 23.4 Å². The highest BCUT2D eigenvalue weighted by molar-refractivity contribution is 5.95. The molecule has 1 fully saturated rings. The summed E-state index contributed by atoms with van der Waals surface area (Å²) in [6.07, 6.45) is 0. The van der Waals surface area contributed by atoms with E-state index in [1.165, 1.54) is 0 Å². The van der Waals surface area contributed by atoms with Gasteiger partial charge < -0.3 is 20.5 Å². The SMILES string of the molecule is CC(C)c1cc(C(=O)N2CCOCC2CO)cc(N)n1. The molecule has 1 unspecified atom stereocenters. The van der Waals surface area contributed by atoms with E-state index < -0.39 is 0 Å². The zero-order valence-electron chi connectivity index (χ0n) is 11.9. The second kappa shape index (κ2) is 6.19. The number of nitrogen functional groups attached to an aromatic ring is 1. The smallest absolute Gasteiger partial charge is 0.254 e. The van der Waals surface area contributed by atoms with Crippen molar-refractivity contribution in [3.8, 4) is 0 Å². The van der Waals surface area contributed by atoms with Gasteiger partial charge in [0.1, 0.15) is 5.82 Å². The summed E-state index contributed by atoms with van der Waals surface area (Å²) in [4.78, 5) is 18.4. The first kappa shape index (κ1) is 14.7. The number of hydrogen-bond acceptors (Lipinski definition) is 5. The van der Waals surface area contributed by atoms with E-state index in [4.69, 9.17) is 10.5 Å². The van der Waals surface area contributed by atoms with E-state index in [9.17, 15) is 9.90 Å². The highest BCUT2D eigenvalue weighted by atomic mass is 16.5. The van der Waals surface area contributed by atoms with Gasteiger partial charge in [0.25, 0.3) is 5.91 Å². The van der Waals surface area contributed by atoms with E-state index in [0.717, 1.165) is 5.69 Å². The van der Waals surface area contributed by atoms with Gasteiger partial charge >= 0.3 is 0 Å². The lowest BCUT2D eigenvalue weighted by Gasteiger charge is -2.34. The number of anilines is 1. The monoisotopic (exact) mass is 279 g/mol. The lowest BCUT2D eigenvalue weighted by atomic mass is 10.1. The molecule has 1 aliphatic rings. The van der Waals surface area contributed by atoms with Gasteiger partial charge in [-0.05, 0) is 18.1 Å². The quantitative estimate of drug-likeness (QED) is 0.846. The van der Waals surface area contributed by atoms with Crippen molar-refractivity contribution in [2.24, 2.45) is 0 Å². The Morgan fingerprint density at radius 1 is 1.60 bits per heavy atom. The molecule has 0 aromatic carbocycles. The van der Waals surface area contributed by atoms with Crippen molar-refractivity contribution in [3.63, 3.8) is 0 Å². The van der Waals surface area contributed by atoms with Gasteiger partial charge in [0.05, 0.1) is 25.9 Å². The van der Waals surface area contributed by atoms with Crippen LogP contribution in [0.3, 0.4) is 0 Å². The molecule has 1 aliphatic heterocycles. The molecule has 0 bridgehead atoms. The molecule has 1 atom stereocenters. The van der Waals surface area contributed by atoms with Crippen molar-refractivity contribution in [1.82, 2.24) is 9.88 Å². The van der Waals surface area contributed by atoms with E-state index in [2.05, 4.69) is 4.98 Å². The summed E-state index contributed by atoms with van der Waals surface area (Å²) in [5.74, 6) is 0.403. The molecule has 1 aromatic rings. The number of aliphatic hydroxyl groups is 1. The summed E-state index contributed by atoms with van der Waals surface area (Å²) in [7, 11) is 0. The van der Waals surface area contributed by atoms with E-state index in [1.54, 1.807) is 17.0 Å². The van der Waals surface area contributed by atoms with Crippen LogP contribution in [-0.4, -0.2) is 53.3 Å². The average molecular weight is 279 g/mol. The van der Waals surface area contributed by atoms with Gasteiger partial charge in [-0.2, -0.15) is 0 Å². The third-order valence-corrected chi connectivity index (χ3v) is 3.40. The molecule has 6 nitrogen and oxygen atoms in total. The summed E-state index contributed by atoms with van der Waals surface area (Å²) >= 11 is 0. The Kier molecular flexibility index (Phi) is 4.57. The van der Waals surface area contributed by atoms with Crippen LogP contribution in [0.4, 0.5) is 5.82 Å². The van der Waals surface area contributed by atoms with Crippen molar-refractivity contribution < 1.29 is 14.6 Å². The fraction of sp³-hybridized carbons (Fsp3) is 0.571. The Bertz CT molecular complexity index is 491. The van der Waals surface area contributed by atoms with Crippen molar-refractivity contribution >= 4 is 11.7 Å². The van der Waals surface area contributed by atoms with Crippen molar-refractivity contribution in [2.45, 2.75) is 25.8 Å². The minimum Gasteiger partial charge on any atom is -0.394 e. The molecule has 0 radical (unpaired) electrons. The van der Waals surface area contributed by atoms with Gasteiger partial charge in [-0.25, -0.2) is 4.98 Å². The second-order valence-corrected chi connectivity index (χ2v) is 5.27. The molecule has 1 aromatic heterocycles. The number of amides is 1. The molecule has 20 heavy (non-hydrogen) atoms. The zero-order valence-corrected chi connectivity index (χ0v) is 11.9. The standard InChI is InChI=1S/C14H21N3O3/c1-9(2)12-5-10(6-13(15)16-12)14(19)17-3-4-20-8-11(17)7-18/h5-6,9,11,18H,3-4,7-8H2,1-2H3,(H2,15,16). The number of ether oxygens (including phenoxy) is 1. The molecule has 110 valence electrons. The number of aromatic nitrogens is 1. The van der Waals surface area contributed by atoms with Crippen LogP contribution < -0.4 is 5.73 Å². The number of carbonyl (C=O) groups excluding carboxylic acids is 1. The summed E-state index contributed by atoms with van der Waals surface area (Å²) in [5, 5.41) is 9.34. The predicted octanol–water partition coefficient (Wildman–Crippen LogP) is 0.621. The molecule has 3 N–H and O–H groups in total. The van der Waals surface area contributed by atoms with Crippen molar-refractivity contribution in [2.75, 3.05) is 32.1 Å². The molecule has 0 aliphatic carbocycles. The molecular formula is C14H21N3O3. The number of morpholine rings is 1. The first-order valence-corrected chi connectivity index (χ1v) is 6.80. The maximum Gasteiger partial charge on any atom is 0.254 e. The summed E-state index contributed by atoms with van der Waals surface area (Å²) in [6, 6.07) is 3.05. The van der Waals surface area contributed by atoms with Gasteiger partial charge in [0.15, 0.2) is 0 Å². The molecule has 1 saturated heterocycles. The Morgan fingerprint density at radius 2 is 2.35 bits per heavy atom. The molecule has 0 saturated carbocycles. The van der Waals surface area contributed by atoms with Crippen LogP contribution in [0.1, 0.15) is 35.8 Å². The fourth-order valence-electron chi connectivity index (χ4n) is 2.23. The molecule has 0 spiro atoms. The topological polar surface area (TPSA) is 88.7 Å². The number of pyridine rings is 1. The maximum absolute atomic E-state index is 12.6. The summed E-state index contributed by atoms with van der Waals surface area (Å²) in [5.41, 5.74) is 7.08. The highest BCUT2D eigenvalue weighted by Crippen LogP contribution is 2.19. The number of aliphatic hydroxyl groups excluding tert-OH is 1. The first-order chi connectivity index (χ1) is 9.52. The maximum atomic E-state index is 12.6. The molecular weight excluding hydrogens is 258 g/mol. The first-order valence-electron chi connectivity index (χ1n) is 6.80. The van der Waals surface area contributed by atoms with Gasteiger partial charge in [-0.15, -0.1) is 0 Å². The lowest BCUT2D eigenvalue weighted by molar-refractivity contribution is -0.0184. The van der Waals surface area contributed by atoms with Gasteiger partial charge in [0.2, 0.25) is 0 Å².